The number of aromatic nitrogens is 2. The highest BCUT2D eigenvalue weighted by molar-refractivity contribution is 5.41. The Labute approximate surface area is 106 Å². The van der Waals surface area contributed by atoms with Gasteiger partial charge in [0.1, 0.15) is 24.3 Å². The highest BCUT2D eigenvalue weighted by atomic mass is 16.5. The first-order valence-electron chi connectivity index (χ1n) is 5.79. The van der Waals surface area contributed by atoms with E-state index < -0.39 is 6.10 Å². The summed E-state index contributed by atoms with van der Waals surface area (Å²) in [7, 11) is 0. The van der Waals surface area contributed by atoms with E-state index in [2.05, 4.69) is 4.98 Å². The molecule has 5 heteroatoms. The summed E-state index contributed by atoms with van der Waals surface area (Å²) in [6.07, 6.45) is 2.97. The maximum atomic E-state index is 9.86. The molecule has 1 aromatic heterocycles. The molecule has 1 heterocycles. The topological polar surface area (TPSA) is 73.3 Å². The van der Waals surface area contributed by atoms with E-state index in [1.54, 1.807) is 30.5 Å². The number of nitrogens with two attached hydrogens (primary N) is 1. The predicted octanol–water partition coefficient (Wildman–Crippen LogP) is 1.21. The minimum Gasteiger partial charge on any atom is -0.491 e. The van der Waals surface area contributed by atoms with E-state index in [0.29, 0.717) is 18.0 Å². The van der Waals surface area contributed by atoms with Crippen LogP contribution >= 0.6 is 0 Å². The zero-order valence-corrected chi connectivity index (χ0v) is 10.3. The maximum Gasteiger partial charge on any atom is 0.119 e. The molecular formula is C13H17N3O2. The molecule has 3 N–H and O–H groups in total. The largest absolute Gasteiger partial charge is 0.491 e. The van der Waals surface area contributed by atoms with Gasteiger partial charge in [-0.2, -0.15) is 0 Å². The lowest BCUT2D eigenvalue weighted by atomic mass is 10.3. The van der Waals surface area contributed by atoms with Crippen molar-refractivity contribution in [3.63, 3.8) is 0 Å². The molecule has 1 aromatic carbocycles. The van der Waals surface area contributed by atoms with Crippen molar-refractivity contribution in [1.29, 1.82) is 0 Å². The number of aliphatic hydroxyl groups excluding tert-OH is 1. The van der Waals surface area contributed by atoms with Gasteiger partial charge < -0.3 is 20.1 Å². The Bertz CT molecular complexity index is 493. The van der Waals surface area contributed by atoms with E-state index in [1.165, 1.54) is 0 Å². The van der Waals surface area contributed by atoms with Gasteiger partial charge in [0.15, 0.2) is 0 Å². The zero-order chi connectivity index (χ0) is 13.0. The van der Waals surface area contributed by atoms with Gasteiger partial charge >= 0.3 is 0 Å². The number of aryl methyl sites for hydroxylation is 1. The Morgan fingerprint density at radius 2 is 2.11 bits per heavy atom. The summed E-state index contributed by atoms with van der Waals surface area (Å²) in [6.45, 7) is 2.61. The van der Waals surface area contributed by atoms with E-state index in [4.69, 9.17) is 10.5 Å². The lowest BCUT2D eigenvalue weighted by molar-refractivity contribution is 0.0919. The van der Waals surface area contributed by atoms with Crippen molar-refractivity contribution in [1.82, 2.24) is 9.55 Å². The normalized spacial score (nSPS) is 12.3. The summed E-state index contributed by atoms with van der Waals surface area (Å²) in [6, 6.07) is 7.10. The van der Waals surface area contributed by atoms with Crippen molar-refractivity contribution < 1.29 is 9.84 Å². The summed E-state index contributed by atoms with van der Waals surface area (Å²) in [5, 5.41) is 9.86. The van der Waals surface area contributed by atoms with Crippen molar-refractivity contribution >= 4 is 5.69 Å². The Hall–Kier alpha value is -2.01. The lowest BCUT2D eigenvalue weighted by Gasteiger charge is -2.14. The second kappa shape index (κ2) is 5.55. The summed E-state index contributed by atoms with van der Waals surface area (Å²) in [5.74, 6) is 1.58. The molecule has 0 aliphatic carbocycles. The molecule has 0 fully saturated rings. The van der Waals surface area contributed by atoms with Crippen LogP contribution in [-0.2, 0) is 6.54 Å². The molecule has 2 rings (SSSR count). The number of ether oxygens (including phenoxy) is 1. The molecule has 2 aromatic rings. The first kappa shape index (κ1) is 12.4. The van der Waals surface area contributed by atoms with Crippen LogP contribution in [0.15, 0.2) is 36.7 Å². The molecule has 0 spiro atoms. The van der Waals surface area contributed by atoms with E-state index in [1.807, 2.05) is 17.7 Å². The van der Waals surface area contributed by atoms with Gasteiger partial charge in [0.05, 0.1) is 6.54 Å². The number of rotatable bonds is 5. The van der Waals surface area contributed by atoms with Gasteiger partial charge in [-0.15, -0.1) is 0 Å². The predicted molar refractivity (Wildman–Crippen MR) is 69.3 cm³/mol. The molecule has 0 bridgehead atoms. The van der Waals surface area contributed by atoms with Gasteiger partial charge in [-0.05, 0) is 31.2 Å². The fraction of sp³-hybridized carbons (Fsp3) is 0.308. The smallest absolute Gasteiger partial charge is 0.119 e. The van der Waals surface area contributed by atoms with Crippen molar-refractivity contribution in [3.8, 4) is 5.75 Å². The van der Waals surface area contributed by atoms with Crippen LogP contribution in [0.1, 0.15) is 5.82 Å². The molecule has 1 unspecified atom stereocenters. The van der Waals surface area contributed by atoms with E-state index in [9.17, 15) is 5.11 Å². The summed E-state index contributed by atoms with van der Waals surface area (Å²) < 4.78 is 7.36. The van der Waals surface area contributed by atoms with Crippen LogP contribution in [0.2, 0.25) is 0 Å². The van der Waals surface area contributed by atoms with Gasteiger partial charge in [0, 0.05) is 18.1 Å². The third-order valence-corrected chi connectivity index (χ3v) is 2.65. The number of anilines is 1. The first-order valence-corrected chi connectivity index (χ1v) is 5.79. The minimum atomic E-state index is -0.574. The maximum absolute atomic E-state index is 9.86. The second-order valence-electron chi connectivity index (χ2n) is 4.16. The third-order valence-electron chi connectivity index (χ3n) is 2.65. The quantitative estimate of drug-likeness (QED) is 0.779. The average Bonchev–Trinajstić information content (AvgIpc) is 2.74. The summed E-state index contributed by atoms with van der Waals surface area (Å²) in [5.41, 5.74) is 6.27. The van der Waals surface area contributed by atoms with Crippen molar-refractivity contribution in [2.24, 2.45) is 0 Å². The average molecular weight is 247 g/mol. The van der Waals surface area contributed by atoms with Crippen LogP contribution in [0.3, 0.4) is 0 Å². The fourth-order valence-electron chi connectivity index (χ4n) is 1.63. The molecule has 0 aliphatic rings. The molecule has 0 amide bonds. The number of aliphatic hydroxyl groups is 1. The number of nitrogen functional groups attached to an aromatic ring is 1. The molecule has 0 saturated heterocycles. The molecule has 18 heavy (non-hydrogen) atoms. The SMILES string of the molecule is Cc1nccn1CC(O)COc1ccc(N)cc1. The fourth-order valence-corrected chi connectivity index (χ4v) is 1.63. The van der Waals surface area contributed by atoms with Crippen molar-refractivity contribution in [2.45, 2.75) is 19.6 Å². The van der Waals surface area contributed by atoms with E-state index >= 15 is 0 Å². The Morgan fingerprint density at radius 1 is 1.39 bits per heavy atom. The monoisotopic (exact) mass is 247 g/mol. The molecule has 0 radical (unpaired) electrons. The number of hydrogen-bond donors (Lipinski definition) is 2. The van der Waals surface area contributed by atoms with Gasteiger partial charge in [0.25, 0.3) is 0 Å². The van der Waals surface area contributed by atoms with Crippen LogP contribution in [0.5, 0.6) is 5.75 Å². The summed E-state index contributed by atoms with van der Waals surface area (Å²) >= 11 is 0. The third kappa shape index (κ3) is 3.24. The molecule has 1 atom stereocenters. The number of hydrogen-bond acceptors (Lipinski definition) is 4. The Balaban J connectivity index is 1.83. The molecular weight excluding hydrogens is 230 g/mol. The van der Waals surface area contributed by atoms with Crippen LogP contribution in [0, 0.1) is 6.92 Å². The van der Waals surface area contributed by atoms with E-state index in [-0.39, 0.29) is 6.61 Å². The lowest BCUT2D eigenvalue weighted by Crippen LogP contribution is -2.23. The highest BCUT2D eigenvalue weighted by Gasteiger charge is 2.07. The highest BCUT2D eigenvalue weighted by Crippen LogP contribution is 2.13. The summed E-state index contributed by atoms with van der Waals surface area (Å²) in [4.78, 5) is 4.09. The number of nitrogens with zero attached hydrogens (tertiary/aromatic N) is 2. The number of imidazole rings is 1. The van der Waals surface area contributed by atoms with Gasteiger partial charge in [-0.25, -0.2) is 4.98 Å². The standard InChI is InChI=1S/C13H17N3O2/c1-10-15-6-7-16(10)8-12(17)9-18-13-4-2-11(14)3-5-13/h2-7,12,17H,8-9,14H2,1H3. The zero-order valence-electron chi connectivity index (χ0n) is 10.3. The molecule has 0 saturated carbocycles. The van der Waals surface area contributed by atoms with Crippen molar-refractivity contribution in [2.75, 3.05) is 12.3 Å². The second-order valence-corrected chi connectivity index (χ2v) is 4.16. The first-order chi connectivity index (χ1) is 8.65. The molecule has 0 aliphatic heterocycles. The molecule has 5 nitrogen and oxygen atoms in total. The van der Waals surface area contributed by atoms with Gasteiger partial charge in [-0.3, -0.25) is 0 Å². The number of benzene rings is 1. The van der Waals surface area contributed by atoms with Crippen LogP contribution in [0.4, 0.5) is 5.69 Å². The van der Waals surface area contributed by atoms with Crippen LogP contribution in [0.25, 0.3) is 0 Å². The van der Waals surface area contributed by atoms with Crippen molar-refractivity contribution in [3.05, 3.63) is 42.5 Å². The Kier molecular flexibility index (Phi) is 3.84. The minimum absolute atomic E-state index is 0.238. The van der Waals surface area contributed by atoms with Gasteiger partial charge in [-0.1, -0.05) is 0 Å². The van der Waals surface area contributed by atoms with Crippen LogP contribution in [-0.4, -0.2) is 27.4 Å². The molecule has 96 valence electrons. The Morgan fingerprint density at radius 3 is 2.72 bits per heavy atom. The van der Waals surface area contributed by atoms with Gasteiger partial charge in [0.2, 0.25) is 0 Å². The van der Waals surface area contributed by atoms with E-state index in [0.717, 1.165) is 5.82 Å². The van der Waals surface area contributed by atoms with Crippen LogP contribution < -0.4 is 10.5 Å².